The number of benzene rings is 10. The SMILES string of the molecule is COc1cc2c(c(Cl)c1O)CCCN(C(=S)NCCc1ccc(Cl)cc1)C2.Oc1cc2c(cc1Cl)CCN(C(=S)NCCc1ccc(Cl)cc1)CC2.Oc1cc2c(cc1Cl)CN(C(=S)NCCc1ccc(Cl)cc1)CCC2.Oc1ccc2c(c1)CCN(C(=S)NCCc1ccc(Cl)cc1)CC2.Oc1ccc2c(c1Cl)CCN(C(=S)NCCc1ccc(Cl)cc1)CC2. The Bertz CT molecular complexity index is 5330. The van der Waals surface area contributed by atoms with Gasteiger partial charge in [-0.25, -0.2) is 0 Å². The number of fused-ring (bicyclic) bond motifs is 5. The molecule has 126 heavy (non-hydrogen) atoms. The van der Waals surface area contributed by atoms with Gasteiger partial charge in [0.25, 0.3) is 0 Å². The molecule has 666 valence electrons. The Morgan fingerprint density at radius 2 is 0.619 bits per heavy atom. The van der Waals surface area contributed by atoms with Crippen molar-refractivity contribution in [3.8, 4) is 34.5 Å². The summed E-state index contributed by atoms with van der Waals surface area (Å²) in [6.07, 6.45) is 13.3. The van der Waals surface area contributed by atoms with Crippen LogP contribution in [0.1, 0.15) is 96.3 Å². The third kappa shape index (κ3) is 30.1. The maximum atomic E-state index is 10.1. The van der Waals surface area contributed by atoms with Gasteiger partial charge in [0, 0.05) is 123 Å². The zero-order chi connectivity index (χ0) is 89.8. The first-order valence-electron chi connectivity index (χ1n) is 41.9. The molecular formula is C96H103Cl9N10O6S5. The Kier molecular flexibility index (Phi) is 38.9. The number of aromatic hydroxyl groups is 5. The topological polar surface area (TPSA) is 187 Å². The molecule has 15 rings (SSSR count). The highest BCUT2D eigenvalue weighted by molar-refractivity contribution is 7.81. The van der Waals surface area contributed by atoms with E-state index in [-0.39, 0.29) is 23.0 Å². The summed E-state index contributed by atoms with van der Waals surface area (Å²) < 4.78 is 5.24. The molecule has 0 radical (unpaired) electrons. The molecule has 0 aliphatic carbocycles. The number of hydrogen-bond donors (Lipinski definition) is 10. The minimum atomic E-state index is 0.00929. The van der Waals surface area contributed by atoms with E-state index >= 15 is 0 Å². The molecule has 5 heterocycles. The third-order valence-corrected chi connectivity index (χ3v) is 27.2. The van der Waals surface area contributed by atoms with Crippen molar-refractivity contribution in [2.75, 3.05) is 92.2 Å². The summed E-state index contributed by atoms with van der Waals surface area (Å²) in [5.74, 6) is 1.19. The number of nitrogens with one attached hydrogen (secondary N) is 5. The van der Waals surface area contributed by atoms with E-state index in [2.05, 4.69) is 51.1 Å². The summed E-state index contributed by atoms with van der Waals surface area (Å²) in [7, 11) is 1.52. The number of phenols is 5. The van der Waals surface area contributed by atoms with Crippen molar-refractivity contribution in [3.63, 3.8) is 0 Å². The second-order valence-corrected chi connectivity index (χ2v) is 36.8. The van der Waals surface area contributed by atoms with Crippen LogP contribution in [0.4, 0.5) is 0 Å². The van der Waals surface area contributed by atoms with E-state index < -0.39 is 0 Å². The molecule has 0 amide bonds. The van der Waals surface area contributed by atoms with Crippen molar-refractivity contribution < 1.29 is 30.3 Å². The van der Waals surface area contributed by atoms with Crippen LogP contribution in [0.2, 0.25) is 45.2 Å². The predicted molar refractivity (Wildman–Crippen MR) is 540 cm³/mol. The van der Waals surface area contributed by atoms with Gasteiger partial charge in [-0.2, -0.15) is 0 Å². The summed E-state index contributed by atoms with van der Waals surface area (Å²) in [6, 6.07) is 57.8. The van der Waals surface area contributed by atoms with Gasteiger partial charge in [0.05, 0.1) is 27.2 Å². The third-order valence-electron chi connectivity index (χ3n) is 22.5. The maximum Gasteiger partial charge on any atom is 0.177 e. The lowest BCUT2D eigenvalue weighted by atomic mass is 10.0. The van der Waals surface area contributed by atoms with Gasteiger partial charge in [0.15, 0.2) is 37.1 Å². The summed E-state index contributed by atoms with van der Waals surface area (Å²) >= 11 is 82.0. The maximum absolute atomic E-state index is 10.1. The molecule has 5 aliphatic rings. The molecule has 0 fully saturated rings. The number of thiocarbonyl (C=S) groups is 5. The lowest BCUT2D eigenvalue weighted by Gasteiger charge is -2.25. The highest BCUT2D eigenvalue weighted by atomic mass is 35.5. The van der Waals surface area contributed by atoms with Crippen LogP contribution in [-0.4, -0.2) is 168 Å². The molecule has 0 atom stereocenters. The Balaban J connectivity index is 0.000000153. The number of phenolic OH excluding ortho intramolecular Hbond substituents is 5. The van der Waals surface area contributed by atoms with Gasteiger partial charge in [-0.15, -0.1) is 0 Å². The fraction of sp³-hybridized carbons (Fsp3) is 0.323. The van der Waals surface area contributed by atoms with E-state index in [0.717, 1.165) is 265 Å². The highest BCUT2D eigenvalue weighted by Crippen LogP contribution is 2.41. The molecule has 10 aromatic carbocycles. The Labute approximate surface area is 811 Å². The van der Waals surface area contributed by atoms with Crippen molar-refractivity contribution in [1.29, 1.82) is 0 Å². The monoisotopic (exact) mass is 1970 g/mol. The zero-order valence-corrected chi connectivity index (χ0v) is 80.7. The fourth-order valence-corrected chi connectivity index (χ4v) is 18.3. The normalized spacial score (nSPS) is 13.9. The van der Waals surface area contributed by atoms with Crippen molar-refractivity contribution in [2.24, 2.45) is 0 Å². The van der Waals surface area contributed by atoms with E-state index in [1.54, 1.807) is 24.3 Å². The first kappa shape index (κ1) is 98.6. The molecule has 0 aromatic heterocycles. The van der Waals surface area contributed by atoms with Crippen molar-refractivity contribution in [2.45, 2.75) is 109 Å². The smallest absolute Gasteiger partial charge is 0.177 e. The van der Waals surface area contributed by atoms with Crippen molar-refractivity contribution in [1.82, 2.24) is 51.1 Å². The number of halogens is 9. The minimum Gasteiger partial charge on any atom is -0.508 e. The van der Waals surface area contributed by atoms with Gasteiger partial charge in [-0.3, -0.25) is 0 Å². The minimum absolute atomic E-state index is 0.00929. The quantitative estimate of drug-likeness (QED) is 0.0411. The molecule has 0 unspecified atom stereocenters. The lowest BCUT2D eigenvalue weighted by molar-refractivity contribution is 0.371. The second-order valence-electron chi connectivity index (χ2n) is 31.1. The van der Waals surface area contributed by atoms with Gasteiger partial charge in [0.1, 0.15) is 23.0 Å². The number of nitrogens with zero attached hydrogens (tertiary/aromatic N) is 5. The van der Waals surface area contributed by atoms with Gasteiger partial charge in [-0.1, -0.05) is 177 Å². The Morgan fingerprint density at radius 1 is 0.302 bits per heavy atom. The molecule has 16 nitrogen and oxygen atoms in total. The molecule has 5 aliphatic heterocycles. The second kappa shape index (κ2) is 49.7. The zero-order valence-electron chi connectivity index (χ0n) is 69.9. The van der Waals surface area contributed by atoms with Crippen LogP contribution in [-0.2, 0) is 96.6 Å². The molecule has 0 bridgehead atoms. The molecule has 30 heteroatoms. The van der Waals surface area contributed by atoms with Crippen LogP contribution in [0.3, 0.4) is 0 Å². The average molecular weight is 1970 g/mol. The van der Waals surface area contributed by atoms with E-state index in [0.29, 0.717) is 44.7 Å². The molecule has 0 saturated heterocycles. The molecule has 10 aromatic rings. The van der Waals surface area contributed by atoms with Gasteiger partial charge in [-0.05, 0) is 350 Å². The first-order valence-corrected chi connectivity index (χ1v) is 47.4. The van der Waals surface area contributed by atoms with Crippen LogP contribution in [0.5, 0.6) is 34.5 Å². The molecule has 0 saturated carbocycles. The molecule has 10 N–H and O–H groups in total. The first-order chi connectivity index (χ1) is 60.7. The Hall–Kier alpha value is -7.94. The fourth-order valence-electron chi connectivity index (χ4n) is 15.3. The Morgan fingerprint density at radius 3 is 1.02 bits per heavy atom. The molecule has 0 spiro atoms. The van der Waals surface area contributed by atoms with Gasteiger partial charge < -0.3 is 81.4 Å². The summed E-state index contributed by atoms with van der Waals surface area (Å²) in [5, 5.41) is 75.1. The number of ether oxygens (including phenoxy) is 1. The number of hydrogen-bond acceptors (Lipinski definition) is 11. The van der Waals surface area contributed by atoms with Crippen molar-refractivity contribution in [3.05, 3.63) is 311 Å². The van der Waals surface area contributed by atoms with Gasteiger partial charge >= 0.3 is 0 Å². The van der Waals surface area contributed by atoms with E-state index in [1.165, 1.54) is 57.2 Å². The number of methoxy groups -OCH3 is 1. The van der Waals surface area contributed by atoms with Gasteiger partial charge in [0.2, 0.25) is 0 Å². The van der Waals surface area contributed by atoms with Crippen LogP contribution in [0.25, 0.3) is 0 Å². The molecular weight excluding hydrogens is 1870 g/mol. The lowest BCUT2D eigenvalue weighted by Crippen LogP contribution is -2.41. The van der Waals surface area contributed by atoms with Crippen LogP contribution >= 0.6 is 165 Å². The standard InChI is InChI=1S/C20H22Cl2N2O2S.3C19H20Cl2N2OS.C19H21ClN2OS/c1-26-17-11-14-12-24(10-2-3-16(14)18(22)19(17)25)20(27)23-9-8-13-4-6-15(21)7-5-13;20-15-4-1-13(2-5-15)7-10-22-19(25)23-11-8-14-3-6-17(24)18(21)16(14)9-12-23;20-16-3-1-13(2-4-16)5-8-22-19(25)23-9-6-14-11-17(21)18(24)12-15(14)7-10-23;20-16-5-3-13(4-6-16)7-8-22-19(25)23-9-1-2-14-11-18(24)17(21)10-15(14)12-23;20-17-4-1-14(2-5-17)7-10-21-19(24)22-11-8-15-3-6-18(23)13-16(15)9-12-22/h4-7,11,25H,2-3,8-10,12H2,1H3,(H,23,27);1-6,24H,7-12H2,(H,22,25);1-4,11-12,24H,5-10H2,(H,22,25);3-6,10-11,24H,1-2,7-9,12H2,(H,22,25);1-6,13,23H,7-12H2,(H,21,24). The summed E-state index contributed by atoms with van der Waals surface area (Å²) in [4.78, 5) is 10.9. The van der Waals surface area contributed by atoms with E-state index in [4.69, 9.17) is 170 Å². The highest BCUT2D eigenvalue weighted by Gasteiger charge is 2.26. The average Bonchev–Trinajstić information content (AvgIpc) is 1.34. The number of aryl methyl sites for hydroxylation is 1. The van der Waals surface area contributed by atoms with E-state index in [9.17, 15) is 25.5 Å². The largest absolute Gasteiger partial charge is 0.508 e. The van der Waals surface area contributed by atoms with Crippen LogP contribution in [0, 0.1) is 0 Å². The van der Waals surface area contributed by atoms with Crippen molar-refractivity contribution >= 4 is 191 Å². The van der Waals surface area contributed by atoms with E-state index in [1.807, 2.05) is 158 Å². The van der Waals surface area contributed by atoms with Crippen LogP contribution < -0.4 is 31.3 Å². The van der Waals surface area contributed by atoms with Crippen LogP contribution in [0.15, 0.2) is 182 Å². The summed E-state index contributed by atoms with van der Waals surface area (Å²) in [6.45, 7) is 12.1. The summed E-state index contributed by atoms with van der Waals surface area (Å²) in [5.41, 5.74) is 17.5. The number of rotatable bonds is 16. The predicted octanol–water partition coefficient (Wildman–Crippen LogP) is 21.1.